The summed E-state index contributed by atoms with van der Waals surface area (Å²) in [5, 5.41) is 11.3. The maximum Gasteiger partial charge on any atom is 0.196 e. The number of aliphatic hydroxyl groups excluding tert-OH is 1. The number of hydrogen-bond donors (Lipinski definition) is 1. The van der Waals surface area contributed by atoms with Gasteiger partial charge in [-0.25, -0.2) is 0 Å². The van der Waals surface area contributed by atoms with Crippen LogP contribution in [-0.4, -0.2) is 50.5 Å². The van der Waals surface area contributed by atoms with Crippen molar-refractivity contribution in [3.8, 4) is 11.5 Å². The molecular formula is C23H31NO5. The molecule has 1 saturated carbocycles. The number of nitrogens with zero attached hydrogens (tertiary/aromatic N) is 1. The van der Waals surface area contributed by atoms with Gasteiger partial charge in [-0.3, -0.25) is 4.79 Å². The Balaban J connectivity index is 1.94. The Morgan fingerprint density at radius 1 is 1.07 bits per heavy atom. The Hall–Kier alpha value is -2.05. The molecule has 0 bridgehead atoms. The Labute approximate surface area is 171 Å². The molecule has 1 aromatic heterocycles. The van der Waals surface area contributed by atoms with Crippen LogP contribution in [0.3, 0.4) is 0 Å². The number of methoxy groups -OCH3 is 2. The fraction of sp³-hybridized carbons (Fsp3) is 0.609. The Morgan fingerprint density at radius 3 is 2.45 bits per heavy atom. The van der Waals surface area contributed by atoms with E-state index >= 15 is 0 Å². The topological polar surface area (TPSA) is 72.1 Å². The Kier molecular flexibility index (Phi) is 5.83. The number of piperidine rings is 1. The van der Waals surface area contributed by atoms with Gasteiger partial charge < -0.3 is 23.9 Å². The second-order valence-electron chi connectivity index (χ2n) is 8.47. The van der Waals surface area contributed by atoms with Crippen molar-refractivity contribution in [1.82, 2.24) is 4.90 Å². The lowest BCUT2D eigenvalue weighted by Crippen LogP contribution is -2.40. The highest BCUT2D eigenvalue weighted by Gasteiger charge is 2.34. The first-order chi connectivity index (χ1) is 14.0. The molecule has 0 spiro atoms. The lowest BCUT2D eigenvalue weighted by molar-refractivity contribution is 0.0630. The van der Waals surface area contributed by atoms with Crippen molar-refractivity contribution in [3.05, 3.63) is 33.7 Å². The van der Waals surface area contributed by atoms with E-state index in [0.29, 0.717) is 29.0 Å². The van der Waals surface area contributed by atoms with Crippen molar-refractivity contribution >= 4 is 11.0 Å². The van der Waals surface area contributed by atoms with Gasteiger partial charge in [0.15, 0.2) is 5.43 Å². The molecule has 0 amide bonds. The highest BCUT2D eigenvalue weighted by molar-refractivity contribution is 5.89. The van der Waals surface area contributed by atoms with Crippen molar-refractivity contribution < 1.29 is 19.0 Å². The summed E-state index contributed by atoms with van der Waals surface area (Å²) >= 11 is 0. The molecule has 6 heteroatoms. The zero-order valence-corrected chi connectivity index (χ0v) is 17.6. The van der Waals surface area contributed by atoms with E-state index in [2.05, 4.69) is 4.90 Å². The molecule has 1 aliphatic carbocycles. The maximum atomic E-state index is 13.1. The third-order valence-corrected chi connectivity index (χ3v) is 6.59. The Morgan fingerprint density at radius 2 is 1.79 bits per heavy atom. The summed E-state index contributed by atoms with van der Waals surface area (Å²) < 4.78 is 17.6. The third-order valence-electron chi connectivity index (χ3n) is 6.59. The van der Waals surface area contributed by atoms with E-state index in [0.717, 1.165) is 50.0 Å². The van der Waals surface area contributed by atoms with Gasteiger partial charge in [0, 0.05) is 36.1 Å². The SMILES string of the molecule is COc1cc(OC)c2c(=O)cc(C3CCCCC3)oc2c1[C@H]1CCN(C)C[C@H]1O. The number of hydrogen-bond acceptors (Lipinski definition) is 6. The fourth-order valence-corrected chi connectivity index (χ4v) is 5.01. The molecule has 158 valence electrons. The number of ether oxygens (including phenoxy) is 2. The van der Waals surface area contributed by atoms with Crippen LogP contribution in [-0.2, 0) is 0 Å². The van der Waals surface area contributed by atoms with Gasteiger partial charge in [0.25, 0.3) is 0 Å². The predicted molar refractivity (Wildman–Crippen MR) is 112 cm³/mol. The standard InChI is InChI=1S/C23H31NO5/c1-24-10-9-15(17(26)13-24)21-19(27-2)12-20(28-3)22-16(25)11-18(29-23(21)22)14-7-5-4-6-8-14/h11-12,14-15,17,26H,4-10,13H2,1-3H3/t15-,17+/m0/s1. The zero-order chi connectivity index (χ0) is 20.5. The van der Waals surface area contributed by atoms with E-state index in [4.69, 9.17) is 13.9 Å². The van der Waals surface area contributed by atoms with Crippen molar-refractivity contribution in [2.24, 2.45) is 0 Å². The number of likely N-dealkylation sites (N-methyl/N-ethyl adjacent to an activating group) is 1. The van der Waals surface area contributed by atoms with Gasteiger partial charge in [-0.15, -0.1) is 0 Å². The predicted octanol–water partition coefficient (Wildman–Crippen LogP) is 3.64. The molecule has 4 rings (SSSR count). The van der Waals surface area contributed by atoms with Crippen molar-refractivity contribution in [1.29, 1.82) is 0 Å². The van der Waals surface area contributed by atoms with Gasteiger partial charge in [0.1, 0.15) is 28.2 Å². The van der Waals surface area contributed by atoms with Crippen LogP contribution in [0, 0.1) is 0 Å². The minimum absolute atomic E-state index is 0.0880. The van der Waals surface area contributed by atoms with E-state index in [1.807, 2.05) is 7.05 Å². The summed E-state index contributed by atoms with van der Waals surface area (Å²) in [6, 6.07) is 3.39. The maximum absolute atomic E-state index is 13.1. The van der Waals surface area contributed by atoms with E-state index in [-0.39, 0.29) is 17.3 Å². The molecule has 2 aliphatic rings. The minimum Gasteiger partial charge on any atom is -0.496 e. The molecule has 2 fully saturated rings. The first kappa shape index (κ1) is 20.2. The van der Waals surface area contributed by atoms with Crippen LogP contribution in [0.5, 0.6) is 11.5 Å². The molecular weight excluding hydrogens is 370 g/mol. The number of β-amino-alcohol motifs (C(OH)–C–C–N with tert-alkyl or cyclic N) is 1. The summed E-state index contributed by atoms with van der Waals surface area (Å²) in [5.74, 6) is 1.92. The average Bonchev–Trinajstić information content (AvgIpc) is 2.73. The molecule has 1 saturated heterocycles. The van der Waals surface area contributed by atoms with Gasteiger partial charge in [-0.05, 0) is 32.9 Å². The van der Waals surface area contributed by atoms with Gasteiger partial charge >= 0.3 is 0 Å². The van der Waals surface area contributed by atoms with E-state index < -0.39 is 6.10 Å². The number of benzene rings is 1. The highest BCUT2D eigenvalue weighted by Crippen LogP contribution is 2.43. The van der Waals surface area contributed by atoms with Crippen molar-refractivity contribution in [2.45, 2.75) is 56.5 Å². The molecule has 1 aliphatic heterocycles. The summed E-state index contributed by atoms with van der Waals surface area (Å²) in [4.78, 5) is 15.3. The molecule has 2 heterocycles. The van der Waals surface area contributed by atoms with Crippen LogP contribution in [0.15, 0.2) is 21.3 Å². The molecule has 1 aromatic carbocycles. The van der Waals surface area contributed by atoms with Crippen LogP contribution < -0.4 is 14.9 Å². The molecule has 29 heavy (non-hydrogen) atoms. The first-order valence-electron chi connectivity index (χ1n) is 10.6. The van der Waals surface area contributed by atoms with E-state index in [1.165, 1.54) is 6.42 Å². The van der Waals surface area contributed by atoms with Gasteiger partial charge in [0.2, 0.25) is 0 Å². The first-order valence-corrected chi connectivity index (χ1v) is 10.6. The summed E-state index contributed by atoms with van der Waals surface area (Å²) in [7, 11) is 5.16. The van der Waals surface area contributed by atoms with Crippen LogP contribution in [0.25, 0.3) is 11.0 Å². The second kappa shape index (κ2) is 8.36. The zero-order valence-electron chi connectivity index (χ0n) is 17.6. The molecule has 0 unspecified atom stereocenters. The Bertz CT molecular complexity index is 931. The summed E-state index contributed by atoms with van der Waals surface area (Å²) in [6.45, 7) is 1.44. The lowest BCUT2D eigenvalue weighted by atomic mass is 9.84. The number of fused-ring (bicyclic) bond motifs is 1. The van der Waals surface area contributed by atoms with Crippen molar-refractivity contribution in [3.63, 3.8) is 0 Å². The number of rotatable bonds is 4. The van der Waals surface area contributed by atoms with Crippen LogP contribution in [0.4, 0.5) is 0 Å². The normalized spacial score (nSPS) is 24.0. The molecule has 6 nitrogen and oxygen atoms in total. The summed E-state index contributed by atoms with van der Waals surface area (Å²) in [6.07, 6.45) is 5.87. The number of aliphatic hydroxyl groups is 1. The van der Waals surface area contributed by atoms with Crippen LogP contribution >= 0.6 is 0 Å². The van der Waals surface area contributed by atoms with E-state index in [1.54, 1.807) is 26.4 Å². The molecule has 2 atom stereocenters. The quantitative estimate of drug-likeness (QED) is 0.843. The molecule has 0 radical (unpaired) electrons. The smallest absolute Gasteiger partial charge is 0.196 e. The molecule has 2 aromatic rings. The second-order valence-corrected chi connectivity index (χ2v) is 8.47. The minimum atomic E-state index is -0.553. The number of likely N-dealkylation sites (tertiary alicyclic amines) is 1. The van der Waals surface area contributed by atoms with Gasteiger partial charge in [0.05, 0.1) is 20.3 Å². The lowest BCUT2D eigenvalue weighted by Gasteiger charge is -2.34. The van der Waals surface area contributed by atoms with E-state index in [9.17, 15) is 9.90 Å². The highest BCUT2D eigenvalue weighted by atomic mass is 16.5. The fourth-order valence-electron chi connectivity index (χ4n) is 5.01. The van der Waals surface area contributed by atoms with Crippen molar-refractivity contribution in [2.75, 3.05) is 34.4 Å². The van der Waals surface area contributed by atoms with Gasteiger partial charge in [-0.1, -0.05) is 19.3 Å². The molecule has 1 N–H and O–H groups in total. The summed E-state index contributed by atoms with van der Waals surface area (Å²) in [5.41, 5.74) is 1.22. The monoisotopic (exact) mass is 401 g/mol. The largest absolute Gasteiger partial charge is 0.496 e. The van der Waals surface area contributed by atoms with Gasteiger partial charge in [-0.2, -0.15) is 0 Å². The van der Waals surface area contributed by atoms with Crippen LogP contribution in [0.1, 0.15) is 61.7 Å². The third kappa shape index (κ3) is 3.76. The van der Waals surface area contributed by atoms with Crippen LogP contribution in [0.2, 0.25) is 0 Å². The average molecular weight is 402 g/mol.